The Bertz CT molecular complexity index is 1270. The second-order valence-electron chi connectivity index (χ2n) is 7.78. The van der Waals surface area contributed by atoms with E-state index in [1.54, 1.807) is 12.1 Å². The monoisotopic (exact) mass is 468 g/mol. The van der Waals surface area contributed by atoms with Crippen molar-refractivity contribution in [3.8, 4) is 5.75 Å². The predicted molar refractivity (Wildman–Crippen MR) is 128 cm³/mol. The number of nitrogens with one attached hydrogen (secondary N) is 1. The number of ether oxygens (including phenoxy) is 1. The molecule has 1 heterocycles. The number of hydrogen-bond acceptors (Lipinski definition) is 4. The van der Waals surface area contributed by atoms with Crippen molar-refractivity contribution in [1.82, 2.24) is 4.98 Å². The first-order chi connectivity index (χ1) is 15.3. The van der Waals surface area contributed by atoms with Crippen LogP contribution in [0.1, 0.15) is 28.1 Å². The summed E-state index contributed by atoms with van der Waals surface area (Å²) in [6, 6.07) is 15.0. The topological polar surface area (TPSA) is 64.4 Å². The zero-order valence-corrected chi connectivity index (χ0v) is 19.5. The number of oxazole rings is 1. The molecule has 32 heavy (non-hydrogen) atoms. The number of nitrogens with zero attached hydrogens (tertiary/aromatic N) is 1. The van der Waals surface area contributed by atoms with Crippen LogP contribution in [0.2, 0.25) is 10.0 Å². The van der Waals surface area contributed by atoms with Gasteiger partial charge in [-0.15, -0.1) is 0 Å². The second-order valence-corrected chi connectivity index (χ2v) is 8.63. The van der Waals surface area contributed by atoms with Crippen molar-refractivity contribution >= 4 is 45.9 Å². The molecule has 0 bridgehead atoms. The lowest BCUT2D eigenvalue weighted by atomic mass is 10.1. The largest absolute Gasteiger partial charge is 0.482 e. The van der Waals surface area contributed by atoms with Crippen LogP contribution in [-0.2, 0) is 11.2 Å². The second kappa shape index (κ2) is 9.23. The Balaban J connectivity index is 1.37. The number of aryl methyl sites for hydroxylation is 3. The number of benzene rings is 3. The Labute approximate surface area is 196 Å². The molecule has 5 nitrogen and oxygen atoms in total. The van der Waals surface area contributed by atoms with E-state index in [1.807, 2.05) is 51.1 Å². The number of halogens is 2. The third kappa shape index (κ3) is 5.06. The zero-order chi connectivity index (χ0) is 22.8. The summed E-state index contributed by atoms with van der Waals surface area (Å²) >= 11 is 12.1. The van der Waals surface area contributed by atoms with Crippen LogP contribution in [0.3, 0.4) is 0 Å². The van der Waals surface area contributed by atoms with Crippen molar-refractivity contribution in [2.24, 2.45) is 0 Å². The first-order valence-electron chi connectivity index (χ1n) is 10.1. The number of carbonyl (C=O) groups excluding carboxylic acids is 1. The molecule has 1 N–H and O–H groups in total. The van der Waals surface area contributed by atoms with E-state index < -0.39 is 0 Å². The summed E-state index contributed by atoms with van der Waals surface area (Å²) < 4.78 is 11.5. The lowest BCUT2D eigenvalue weighted by Gasteiger charge is -2.12. The van der Waals surface area contributed by atoms with Crippen LogP contribution in [0, 0.1) is 20.8 Å². The molecule has 3 aromatic carbocycles. The van der Waals surface area contributed by atoms with Crippen molar-refractivity contribution in [2.75, 3.05) is 11.9 Å². The van der Waals surface area contributed by atoms with E-state index in [0.717, 1.165) is 33.4 Å². The number of fused-ring (bicyclic) bond motifs is 1. The average Bonchev–Trinajstić information content (AvgIpc) is 3.11. The third-order valence-electron chi connectivity index (χ3n) is 5.00. The highest BCUT2D eigenvalue weighted by Crippen LogP contribution is 2.31. The van der Waals surface area contributed by atoms with E-state index in [-0.39, 0.29) is 12.5 Å². The highest BCUT2D eigenvalue weighted by Gasteiger charge is 2.12. The van der Waals surface area contributed by atoms with Gasteiger partial charge in [-0.2, -0.15) is 0 Å². The van der Waals surface area contributed by atoms with Crippen LogP contribution in [0.25, 0.3) is 11.1 Å². The molecule has 0 saturated heterocycles. The van der Waals surface area contributed by atoms with Gasteiger partial charge in [-0.25, -0.2) is 4.98 Å². The fourth-order valence-electron chi connectivity index (χ4n) is 3.59. The van der Waals surface area contributed by atoms with Gasteiger partial charge >= 0.3 is 0 Å². The summed E-state index contributed by atoms with van der Waals surface area (Å²) in [7, 11) is 0. The molecule has 1 amide bonds. The van der Waals surface area contributed by atoms with Crippen LogP contribution in [-0.4, -0.2) is 17.5 Å². The highest BCUT2D eigenvalue weighted by atomic mass is 35.5. The molecule has 0 aliphatic heterocycles. The Kier molecular flexibility index (Phi) is 6.40. The Morgan fingerprint density at radius 3 is 2.50 bits per heavy atom. The van der Waals surface area contributed by atoms with Crippen molar-refractivity contribution in [2.45, 2.75) is 27.2 Å². The van der Waals surface area contributed by atoms with Crippen molar-refractivity contribution in [3.05, 3.63) is 86.7 Å². The lowest BCUT2D eigenvalue weighted by molar-refractivity contribution is -0.118. The van der Waals surface area contributed by atoms with Gasteiger partial charge in [0, 0.05) is 17.1 Å². The zero-order valence-electron chi connectivity index (χ0n) is 18.0. The molecule has 164 valence electrons. The molecule has 0 fully saturated rings. The van der Waals surface area contributed by atoms with Crippen molar-refractivity contribution in [3.63, 3.8) is 0 Å². The summed E-state index contributed by atoms with van der Waals surface area (Å²) in [5, 5.41) is 3.71. The Hall–Kier alpha value is -3.02. The molecule has 0 unspecified atom stereocenters. The molecule has 0 saturated carbocycles. The maximum absolute atomic E-state index is 12.3. The fraction of sp³-hybridized carbons (Fsp3) is 0.200. The van der Waals surface area contributed by atoms with Gasteiger partial charge in [-0.1, -0.05) is 41.4 Å². The minimum atomic E-state index is -0.284. The maximum atomic E-state index is 12.3. The van der Waals surface area contributed by atoms with Crippen molar-refractivity contribution in [1.29, 1.82) is 0 Å². The van der Waals surface area contributed by atoms with E-state index in [2.05, 4.69) is 16.4 Å². The Morgan fingerprint density at radius 1 is 1.03 bits per heavy atom. The van der Waals surface area contributed by atoms with Crippen molar-refractivity contribution < 1.29 is 13.9 Å². The number of carbonyl (C=O) groups is 1. The van der Waals surface area contributed by atoms with Gasteiger partial charge in [-0.3, -0.25) is 4.79 Å². The first-order valence-corrected chi connectivity index (χ1v) is 10.9. The van der Waals surface area contributed by atoms with Gasteiger partial charge in [0.2, 0.25) is 0 Å². The van der Waals surface area contributed by atoms with E-state index in [4.69, 9.17) is 32.4 Å². The number of anilines is 1. The quantitative estimate of drug-likeness (QED) is 0.343. The number of amides is 1. The van der Waals surface area contributed by atoms with Gasteiger partial charge in [0.15, 0.2) is 18.1 Å². The number of aromatic nitrogens is 1. The molecule has 1 aromatic heterocycles. The van der Waals surface area contributed by atoms with Crippen LogP contribution in [0.15, 0.2) is 52.9 Å². The van der Waals surface area contributed by atoms with E-state index in [0.29, 0.717) is 33.8 Å². The minimum Gasteiger partial charge on any atom is -0.482 e. The van der Waals surface area contributed by atoms with Gasteiger partial charge in [-0.05, 0) is 73.4 Å². The van der Waals surface area contributed by atoms with E-state index in [9.17, 15) is 4.79 Å². The molecule has 0 atom stereocenters. The highest BCUT2D eigenvalue weighted by molar-refractivity contribution is 6.35. The summed E-state index contributed by atoms with van der Waals surface area (Å²) in [5.74, 6) is 0.826. The molecule has 0 radical (unpaired) electrons. The first kappa shape index (κ1) is 22.2. The molecule has 0 aliphatic rings. The number of rotatable bonds is 6. The lowest BCUT2D eigenvalue weighted by Crippen LogP contribution is -2.20. The molecular weight excluding hydrogens is 447 g/mol. The Morgan fingerprint density at radius 2 is 1.78 bits per heavy atom. The predicted octanol–water partition coefficient (Wildman–Crippen LogP) is 6.67. The van der Waals surface area contributed by atoms with Gasteiger partial charge in [0.25, 0.3) is 5.91 Å². The summed E-state index contributed by atoms with van der Waals surface area (Å²) in [6.07, 6.45) is 0.568. The van der Waals surface area contributed by atoms with Crippen LogP contribution in [0.4, 0.5) is 5.69 Å². The van der Waals surface area contributed by atoms with Gasteiger partial charge < -0.3 is 14.5 Å². The van der Waals surface area contributed by atoms with Crippen LogP contribution >= 0.6 is 23.2 Å². The van der Waals surface area contributed by atoms with E-state index in [1.165, 1.54) is 0 Å². The minimum absolute atomic E-state index is 0.161. The number of hydrogen-bond donors (Lipinski definition) is 1. The smallest absolute Gasteiger partial charge is 0.262 e. The molecule has 7 heteroatoms. The SMILES string of the molecule is Cc1cc(C)c2oc(Cc3ccc(NC(=O)COc4c(C)cc(Cl)cc4Cl)cc3)nc2c1. The molecule has 0 spiro atoms. The van der Waals surface area contributed by atoms with E-state index >= 15 is 0 Å². The normalized spacial score (nSPS) is 11.0. The molecular formula is C25H22Cl2N2O3. The van der Waals surface area contributed by atoms with Crippen LogP contribution < -0.4 is 10.1 Å². The third-order valence-corrected chi connectivity index (χ3v) is 5.50. The standard InChI is InChI=1S/C25H22Cl2N2O3/c1-14-8-15(2)25-21(9-14)29-23(32-25)11-17-4-6-19(7-5-17)28-22(30)13-31-24-16(3)10-18(26)12-20(24)27/h4-10,12H,11,13H2,1-3H3,(H,28,30). The van der Waals surface area contributed by atoms with Crippen LogP contribution in [0.5, 0.6) is 5.75 Å². The molecule has 4 aromatic rings. The maximum Gasteiger partial charge on any atom is 0.262 e. The molecule has 4 rings (SSSR count). The summed E-state index contributed by atoms with van der Waals surface area (Å²) in [4.78, 5) is 16.9. The van der Waals surface area contributed by atoms with Gasteiger partial charge in [0.05, 0.1) is 5.02 Å². The summed E-state index contributed by atoms with van der Waals surface area (Å²) in [6.45, 7) is 5.73. The average molecular weight is 469 g/mol. The molecule has 0 aliphatic carbocycles. The fourth-order valence-corrected chi connectivity index (χ4v) is 4.24. The summed E-state index contributed by atoms with van der Waals surface area (Å²) in [5.41, 5.74) is 6.41. The van der Waals surface area contributed by atoms with Gasteiger partial charge in [0.1, 0.15) is 11.3 Å².